The SMILES string of the molecule is CC(C)(C)CN1CCCC(N2CCN(CC(F)(F)CO)CC2)C1=O. The van der Waals surface area contributed by atoms with Crippen LogP contribution in [-0.4, -0.2) is 90.1 Å². The largest absolute Gasteiger partial charge is 0.390 e. The first kappa shape index (κ1) is 19.5. The third-order valence-electron chi connectivity index (χ3n) is 4.70. The number of halogens is 2. The molecular weight excluding hydrogens is 316 g/mol. The van der Waals surface area contributed by atoms with Crippen molar-refractivity contribution in [2.45, 2.75) is 45.6 Å². The van der Waals surface area contributed by atoms with Gasteiger partial charge in [-0.2, -0.15) is 0 Å². The summed E-state index contributed by atoms with van der Waals surface area (Å²) in [4.78, 5) is 18.6. The fourth-order valence-electron chi connectivity index (χ4n) is 3.60. The molecule has 2 fully saturated rings. The molecule has 0 bridgehead atoms. The Kier molecular flexibility index (Phi) is 6.20. The molecule has 2 rings (SSSR count). The quantitative estimate of drug-likeness (QED) is 0.814. The third-order valence-corrected chi connectivity index (χ3v) is 4.70. The molecule has 2 saturated heterocycles. The molecule has 0 aromatic carbocycles. The summed E-state index contributed by atoms with van der Waals surface area (Å²) < 4.78 is 26.6. The van der Waals surface area contributed by atoms with Gasteiger partial charge in [-0.3, -0.25) is 14.6 Å². The van der Waals surface area contributed by atoms with Crippen molar-refractivity contribution in [1.82, 2.24) is 14.7 Å². The van der Waals surface area contributed by atoms with Crippen LogP contribution in [0.5, 0.6) is 0 Å². The first-order valence-electron chi connectivity index (χ1n) is 8.85. The molecule has 1 N–H and O–H groups in total. The van der Waals surface area contributed by atoms with Gasteiger partial charge >= 0.3 is 0 Å². The topological polar surface area (TPSA) is 47.0 Å². The average molecular weight is 347 g/mol. The first-order chi connectivity index (χ1) is 11.1. The van der Waals surface area contributed by atoms with E-state index < -0.39 is 19.1 Å². The van der Waals surface area contributed by atoms with Gasteiger partial charge in [0.05, 0.1) is 12.6 Å². The number of carbonyl (C=O) groups excluding carboxylic acids is 1. The number of rotatable bonds is 5. The standard InChI is InChI=1S/C17H31F2N3O2/c1-16(2,3)11-22-6-4-5-14(15(22)24)21-9-7-20(8-10-21)12-17(18,19)13-23/h14,23H,4-13H2,1-3H3. The number of aliphatic hydroxyl groups excluding tert-OH is 1. The van der Waals surface area contributed by atoms with Crippen molar-refractivity contribution in [2.24, 2.45) is 5.41 Å². The average Bonchev–Trinajstić information content (AvgIpc) is 2.49. The molecular formula is C17H31F2N3O2. The van der Waals surface area contributed by atoms with Crippen LogP contribution < -0.4 is 0 Å². The lowest BCUT2D eigenvalue weighted by atomic mass is 9.93. The van der Waals surface area contributed by atoms with E-state index >= 15 is 0 Å². The zero-order chi connectivity index (χ0) is 18.0. The van der Waals surface area contributed by atoms with Crippen molar-refractivity contribution in [3.63, 3.8) is 0 Å². The Morgan fingerprint density at radius 3 is 2.25 bits per heavy atom. The maximum atomic E-state index is 13.3. The van der Waals surface area contributed by atoms with E-state index in [1.807, 2.05) is 4.90 Å². The van der Waals surface area contributed by atoms with Gasteiger partial charge in [0.15, 0.2) is 0 Å². The molecule has 0 spiro atoms. The van der Waals surface area contributed by atoms with Crippen LogP contribution in [0.25, 0.3) is 0 Å². The minimum absolute atomic E-state index is 0.0755. The van der Waals surface area contributed by atoms with Gasteiger partial charge in [-0.15, -0.1) is 0 Å². The molecule has 2 aliphatic heterocycles. The predicted molar refractivity (Wildman–Crippen MR) is 89.1 cm³/mol. The number of alkyl halides is 2. The molecule has 2 heterocycles. The van der Waals surface area contributed by atoms with Crippen LogP contribution in [0.4, 0.5) is 8.78 Å². The van der Waals surface area contributed by atoms with Crippen molar-refractivity contribution >= 4 is 5.91 Å². The minimum Gasteiger partial charge on any atom is -0.390 e. The number of hydrogen-bond acceptors (Lipinski definition) is 4. The van der Waals surface area contributed by atoms with E-state index in [4.69, 9.17) is 5.11 Å². The summed E-state index contributed by atoms with van der Waals surface area (Å²) in [5, 5.41) is 8.70. The highest BCUT2D eigenvalue weighted by Crippen LogP contribution is 2.24. The van der Waals surface area contributed by atoms with E-state index in [-0.39, 0.29) is 17.4 Å². The number of carbonyl (C=O) groups is 1. The van der Waals surface area contributed by atoms with Crippen LogP contribution in [0.15, 0.2) is 0 Å². The van der Waals surface area contributed by atoms with Gasteiger partial charge in [0, 0.05) is 39.3 Å². The predicted octanol–water partition coefficient (Wildman–Crippen LogP) is 1.27. The zero-order valence-electron chi connectivity index (χ0n) is 15.1. The molecule has 0 aromatic heterocycles. The van der Waals surface area contributed by atoms with E-state index in [0.29, 0.717) is 26.2 Å². The van der Waals surface area contributed by atoms with Crippen LogP contribution in [-0.2, 0) is 4.79 Å². The van der Waals surface area contributed by atoms with Gasteiger partial charge in [-0.05, 0) is 18.3 Å². The van der Waals surface area contributed by atoms with Crippen LogP contribution in [0.3, 0.4) is 0 Å². The summed E-state index contributed by atoms with van der Waals surface area (Å²) in [6, 6.07) is -0.110. The second kappa shape index (κ2) is 7.62. The number of hydrogen-bond donors (Lipinski definition) is 1. The molecule has 2 aliphatic rings. The van der Waals surface area contributed by atoms with Crippen LogP contribution in [0.1, 0.15) is 33.6 Å². The highest BCUT2D eigenvalue weighted by Gasteiger charge is 2.37. The summed E-state index contributed by atoms with van der Waals surface area (Å²) in [7, 11) is 0. The molecule has 0 aliphatic carbocycles. The lowest BCUT2D eigenvalue weighted by molar-refractivity contribution is -0.143. The summed E-state index contributed by atoms with van der Waals surface area (Å²) in [5.74, 6) is -2.86. The molecule has 0 aromatic rings. The fourth-order valence-corrected chi connectivity index (χ4v) is 3.60. The maximum Gasteiger partial charge on any atom is 0.283 e. The highest BCUT2D eigenvalue weighted by molar-refractivity contribution is 5.82. The number of nitrogens with zero attached hydrogens (tertiary/aromatic N) is 3. The number of likely N-dealkylation sites (tertiary alicyclic amines) is 1. The van der Waals surface area contributed by atoms with Crippen molar-refractivity contribution in [1.29, 1.82) is 0 Å². The van der Waals surface area contributed by atoms with Gasteiger partial charge < -0.3 is 10.0 Å². The number of aliphatic hydroxyl groups is 1. The molecule has 1 unspecified atom stereocenters. The normalized spacial score (nSPS) is 25.3. The Morgan fingerprint density at radius 1 is 1.08 bits per heavy atom. The summed E-state index contributed by atoms with van der Waals surface area (Å²) in [6.07, 6.45) is 1.85. The van der Waals surface area contributed by atoms with E-state index in [1.54, 1.807) is 4.90 Å². The fraction of sp³-hybridized carbons (Fsp3) is 0.941. The van der Waals surface area contributed by atoms with Gasteiger partial charge in [0.2, 0.25) is 5.91 Å². The molecule has 1 atom stereocenters. The first-order valence-corrected chi connectivity index (χ1v) is 8.85. The van der Waals surface area contributed by atoms with Gasteiger partial charge in [0.25, 0.3) is 5.92 Å². The summed E-state index contributed by atoms with van der Waals surface area (Å²) in [6.45, 7) is 8.71. The molecule has 1 amide bonds. The van der Waals surface area contributed by atoms with Crippen molar-refractivity contribution in [3.8, 4) is 0 Å². The minimum atomic E-state index is -3.05. The highest BCUT2D eigenvalue weighted by atomic mass is 19.3. The Bertz CT molecular complexity index is 432. The van der Waals surface area contributed by atoms with Crippen LogP contribution >= 0.6 is 0 Å². The van der Waals surface area contributed by atoms with E-state index in [2.05, 4.69) is 25.7 Å². The lowest BCUT2D eigenvalue weighted by Gasteiger charge is -2.44. The van der Waals surface area contributed by atoms with E-state index in [9.17, 15) is 13.6 Å². The molecule has 5 nitrogen and oxygen atoms in total. The van der Waals surface area contributed by atoms with Gasteiger partial charge in [-0.25, -0.2) is 8.78 Å². The molecule has 0 saturated carbocycles. The van der Waals surface area contributed by atoms with Gasteiger partial charge in [0.1, 0.15) is 6.61 Å². The summed E-state index contributed by atoms with van der Waals surface area (Å²) >= 11 is 0. The van der Waals surface area contributed by atoms with Crippen molar-refractivity contribution in [3.05, 3.63) is 0 Å². The number of amides is 1. The second-order valence-corrected chi connectivity index (χ2v) is 8.30. The summed E-state index contributed by atoms with van der Waals surface area (Å²) in [5.41, 5.74) is 0.0755. The van der Waals surface area contributed by atoms with Crippen LogP contribution in [0, 0.1) is 5.41 Å². The second-order valence-electron chi connectivity index (χ2n) is 8.30. The molecule has 7 heteroatoms. The molecule has 24 heavy (non-hydrogen) atoms. The Morgan fingerprint density at radius 2 is 1.71 bits per heavy atom. The maximum absolute atomic E-state index is 13.3. The third kappa shape index (κ3) is 5.36. The Balaban J connectivity index is 1.88. The van der Waals surface area contributed by atoms with Crippen LogP contribution in [0.2, 0.25) is 0 Å². The zero-order valence-corrected chi connectivity index (χ0v) is 15.1. The Labute approximate surface area is 143 Å². The van der Waals surface area contributed by atoms with E-state index in [0.717, 1.165) is 25.9 Å². The lowest BCUT2D eigenvalue weighted by Crippen LogP contribution is -2.59. The molecule has 140 valence electrons. The molecule has 0 radical (unpaired) electrons. The van der Waals surface area contributed by atoms with Crippen molar-refractivity contribution < 1.29 is 18.7 Å². The van der Waals surface area contributed by atoms with Gasteiger partial charge in [-0.1, -0.05) is 20.8 Å². The van der Waals surface area contributed by atoms with Crippen molar-refractivity contribution in [2.75, 3.05) is 52.4 Å². The Hall–Kier alpha value is -0.790. The monoisotopic (exact) mass is 347 g/mol. The van der Waals surface area contributed by atoms with E-state index in [1.165, 1.54) is 0 Å². The smallest absolute Gasteiger partial charge is 0.283 e. The number of piperidine rings is 1. The number of piperazine rings is 1.